The zero-order chi connectivity index (χ0) is 23.5. The number of aliphatic carboxylic acids is 1. The molecule has 32 heavy (non-hydrogen) atoms. The molecular formula is C21H25Cl2N3O4S2. The summed E-state index contributed by atoms with van der Waals surface area (Å²) in [5, 5.41) is 12.2. The number of hydrogen-bond donors (Lipinski definition) is 1. The molecule has 1 aliphatic heterocycles. The second-order valence-corrected chi connectivity index (χ2v) is 11.0. The number of carboxylic acid groups (broad SMARTS) is 1. The van der Waals surface area contributed by atoms with Crippen LogP contribution in [0.2, 0.25) is 10.0 Å². The van der Waals surface area contributed by atoms with Crippen LogP contribution in [-0.2, 0) is 26.3 Å². The van der Waals surface area contributed by atoms with Crippen molar-refractivity contribution in [3.05, 3.63) is 44.9 Å². The van der Waals surface area contributed by atoms with E-state index in [2.05, 4.69) is 9.88 Å². The summed E-state index contributed by atoms with van der Waals surface area (Å²) in [6, 6.07) is 5.61. The van der Waals surface area contributed by atoms with Crippen LogP contribution in [0.15, 0.2) is 27.9 Å². The summed E-state index contributed by atoms with van der Waals surface area (Å²) < 4.78 is 8.14. The lowest BCUT2D eigenvalue weighted by atomic mass is 9.91. The molecule has 0 saturated carbocycles. The molecule has 1 aromatic heterocycles. The van der Waals surface area contributed by atoms with Crippen LogP contribution in [0.4, 0.5) is 0 Å². The molecule has 1 aromatic carbocycles. The van der Waals surface area contributed by atoms with Gasteiger partial charge in [0.05, 0.1) is 35.0 Å². The van der Waals surface area contributed by atoms with Gasteiger partial charge in [-0.15, -0.1) is 11.3 Å². The van der Waals surface area contributed by atoms with Gasteiger partial charge >= 0.3 is 5.97 Å². The number of thiazole rings is 1. The minimum absolute atomic E-state index is 0.116. The lowest BCUT2D eigenvalue weighted by Gasteiger charge is -2.35. The fraction of sp³-hybridized carbons (Fsp3) is 0.476. The first kappa shape index (κ1) is 25.3. The first-order chi connectivity index (χ1) is 15.1. The number of benzene rings is 1. The van der Waals surface area contributed by atoms with Crippen LogP contribution in [0.25, 0.3) is 0 Å². The van der Waals surface area contributed by atoms with E-state index in [1.54, 1.807) is 29.6 Å². The summed E-state index contributed by atoms with van der Waals surface area (Å²) in [4.78, 5) is 30.4. The van der Waals surface area contributed by atoms with Crippen LogP contribution in [0.5, 0.6) is 0 Å². The first-order valence-corrected chi connectivity index (χ1v) is 12.4. The number of aromatic nitrogens is 1. The maximum atomic E-state index is 12.3. The molecule has 1 fully saturated rings. The van der Waals surface area contributed by atoms with Gasteiger partial charge in [-0.2, -0.15) is 0 Å². The maximum Gasteiger partial charge on any atom is 0.315 e. The topological polar surface area (TPSA) is 83.0 Å². The van der Waals surface area contributed by atoms with Crippen molar-refractivity contribution in [2.45, 2.75) is 43.2 Å². The van der Waals surface area contributed by atoms with Crippen molar-refractivity contribution in [2.75, 3.05) is 26.2 Å². The van der Waals surface area contributed by atoms with E-state index in [0.29, 0.717) is 46.3 Å². The molecule has 3 rings (SSSR count). The van der Waals surface area contributed by atoms with E-state index in [-0.39, 0.29) is 12.0 Å². The van der Waals surface area contributed by atoms with E-state index >= 15 is 0 Å². The van der Waals surface area contributed by atoms with Gasteiger partial charge in [0.1, 0.15) is 5.41 Å². The van der Waals surface area contributed by atoms with E-state index in [1.807, 2.05) is 12.1 Å². The summed E-state index contributed by atoms with van der Waals surface area (Å²) in [6.07, 6.45) is -0.155. The maximum absolute atomic E-state index is 12.3. The van der Waals surface area contributed by atoms with Gasteiger partial charge in [0.15, 0.2) is 4.34 Å². The van der Waals surface area contributed by atoms with Crippen LogP contribution in [0.3, 0.4) is 0 Å². The molecule has 1 aliphatic rings. The summed E-state index contributed by atoms with van der Waals surface area (Å²) >= 11 is 14.7. The predicted molar refractivity (Wildman–Crippen MR) is 127 cm³/mol. The zero-order valence-corrected chi connectivity index (χ0v) is 21.2. The third kappa shape index (κ3) is 6.36. The highest BCUT2D eigenvalue weighted by atomic mass is 35.5. The van der Waals surface area contributed by atoms with E-state index in [1.165, 1.54) is 30.2 Å². The van der Waals surface area contributed by atoms with Crippen molar-refractivity contribution in [3.8, 4) is 0 Å². The molecule has 11 heteroatoms. The average molecular weight is 518 g/mol. The third-order valence-electron chi connectivity index (χ3n) is 5.18. The minimum Gasteiger partial charge on any atom is -0.481 e. The number of nitrogens with zero attached hydrogens (tertiary/aromatic N) is 3. The van der Waals surface area contributed by atoms with Crippen molar-refractivity contribution in [3.63, 3.8) is 0 Å². The molecule has 2 aromatic rings. The van der Waals surface area contributed by atoms with E-state index in [9.17, 15) is 14.7 Å². The molecule has 0 bridgehead atoms. The zero-order valence-electron chi connectivity index (χ0n) is 18.0. The molecule has 1 saturated heterocycles. The lowest BCUT2D eigenvalue weighted by molar-refractivity contribution is -0.142. The van der Waals surface area contributed by atoms with Crippen LogP contribution in [-0.4, -0.2) is 63.5 Å². The minimum atomic E-state index is -1.09. The van der Waals surface area contributed by atoms with Crippen molar-refractivity contribution < 1.29 is 19.4 Å². The molecular weight excluding hydrogens is 493 g/mol. The molecule has 1 N–H and O–H groups in total. The molecule has 7 nitrogen and oxygen atoms in total. The Morgan fingerprint density at radius 1 is 1.38 bits per heavy atom. The number of carbonyl (C=O) groups excluding carboxylic acids is 1. The first-order valence-electron chi connectivity index (χ1n) is 9.99. The van der Waals surface area contributed by atoms with Crippen molar-refractivity contribution in [2.24, 2.45) is 0 Å². The molecule has 0 aliphatic carbocycles. The second kappa shape index (κ2) is 10.7. The van der Waals surface area contributed by atoms with Crippen LogP contribution < -0.4 is 0 Å². The largest absolute Gasteiger partial charge is 0.481 e. The van der Waals surface area contributed by atoms with E-state index in [4.69, 9.17) is 27.9 Å². The van der Waals surface area contributed by atoms with Crippen LogP contribution >= 0.6 is 46.5 Å². The van der Waals surface area contributed by atoms with Gasteiger partial charge in [-0.25, -0.2) is 4.98 Å². The van der Waals surface area contributed by atoms with Gasteiger partial charge < -0.3 is 9.84 Å². The Morgan fingerprint density at radius 2 is 2.12 bits per heavy atom. The Labute approximate surface area is 205 Å². The fourth-order valence-corrected chi connectivity index (χ4v) is 5.45. The Hall–Kier alpha value is -1.36. The van der Waals surface area contributed by atoms with Crippen molar-refractivity contribution in [1.29, 1.82) is 0 Å². The number of rotatable bonds is 8. The number of amides is 1. The average Bonchev–Trinajstić information content (AvgIpc) is 3.20. The van der Waals surface area contributed by atoms with Crippen LogP contribution in [0, 0.1) is 0 Å². The van der Waals surface area contributed by atoms with Gasteiger partial charge in [0.25, 0.3) is 0 Å². The number of halogens is 2. The van der Waals surface area contributed by atoms with Crippen LogP contribution in [0.1, 0.15) is 32.0 Å². The Balaban J connectivity index is 1.62. The Kier molecular flexibility index (Phi) is 8.46. The summed E-state index contributed by atoms with van der Waals surface area (Å²) in [6.45, 7) is 7.85. The SMILES string of the molecule is CC(=O)N(C[C@@H]1CN(Cc2ccc(Cl)c(Cl)c2)CCO1)Sc1nc(C(C)(C)C(=O)O)cs1. The van der Waals surface area contributed by atoms with E-state index in [0.717, 1.165) is 12.1 Å². The number of carbonyl (C=O) groups is 2. The third-order valence-corrected chi connectivity index (χ3v) is 7.94. The van der Waals surface area contributed by atoms with Gasteiger partial charge in [-0.3, -0.25) is 18.8 Å². The van der Waals surface area contributed by atoms with Gasteiger partial charge in [0.2, 0.25) is 5.91 Å². The predicted octanol–water partition coefficient (Wildman–Crippen LogP) is 4.57. The quantitative estimate of drug-likeness (QED) is 0.513. The number of ether oxygens (including phenoxy) is 1. The van der Waals surface area contributed by atoms with Gasteiger partial charge in [-0.1, -0.05) is 29.3 Å². The van der Waals surface area contributed by atoms with E-state index < -0.39 is 11.4 Å². The molecule has 0 spiro atoms. The summed E-state index contributed by atoms with van der Waals surface area (Å²) in [5.74, 6) is -1.06. The molecule has 2 heterocycles. The number of morpholine rings is 1. The highest BCUT2D eigenvalue weighted by molar-refractivity contribution is 7.99. The standard InChI is InChI=1S/C21H25Cl2N3O4S2/c1-13(27)26(32-20-24-18(12-31-20)21(2,3)19(28)29)11-15-10-25(6-7-30-15)9-14-4-5-16(22)17(23)8-14/h4-5,8,12,15H,6-7,9-11H2,1-3H3,(H,28,29)/t15-/m0/s1. The molecule has 1 atom stereocenters. The monoisotopic (exact) mass is 517 g/mol. The number of carboxylic acids is 1. The Bertz CT molecular complexity index is 986. The number of hydrogen-bond acceptors (Lipinski definition) is 7. The summed E-state index contributed by atoms with van der Waals surface area (Å²) in [7, 11) is 0. The molecule has 0 unspecified atom stereocenters. The molecule has 174 valence electrons. The highest BCUT2D eigenvalue weighted by Gasteiger charge is 2.33. The summed E-state index contributed by atoms with van der Waals surface area (Å²) in [5.41, 5.74) is 0.449. The van der Waals surface area contributed by atoms with Crippen molar-refractivity contribution >= 4 is 58.4 Å². The van der Waals surface area contributed by atoms with Crippen molar-refractivity contribution in [1.82, 2.24) is 14.2 Å². The van der Waals surface area contributed by atoms with Gasteiger partial charge in [0, 0.05) is 43.9 Å². The fourth-order valence-electron chi connectivity index (χ4n) is 3.14. The van der Waals surface area contributed by atoms with Gasteiger partial charge in [-0.05, 0) is 31.5 Å². The smallest absolute Gasteiger partial charge is 0.315 e. The normalized spacial score (nSPS) is 17.3. The molecule has 1 amide bonds. The highest BCUT2D eigenvalue weighted by Crippen LogP contribution is 2.32. The second-order valence-electron chi connectivity index (χ2n) is 8.08. The molecule has 0 radical (unpaired) electrons. The lowest BCUT2D eigenvalue weighted by Crippen LogP contribution is -2.46. The Morgan fingerprint density at radius 3 is 2.78 bits per heavy atom.